The van der Waals surface area contributed by atoms with E-state index in [1.54, 1.807) is 42.6 Å². The second kappa shape index (κ2) is 13.4. The average Bonchev–Trinajstić information content (AvgIpc) is 3.65. The first-order valence-corrected chi connectivity index (χ1v) is 17.4. The van der Waals surface area contributed by atoms with Crippen molar-refractivity contribution in [2.45, 2.75) is 19.6 Å². The van der Waals surface area contributed by atoms with Crippen molar-refractivity contribution in [1.29, 1.82) is 0 Å². The number of furan rings is 1. The van der Waals surface area contributed by atoms with E-state index in [1.165, 1.54) is 38.2 Å². The standard InChI is InChI=1S/C33H29FN4O8S2/c1-19(46-48(3,42)43)17-38(47(40)41)18-23-15-28-26(29(32(39)35-2)30(44-28)20-9-11-24(34)12-10-20)16-25(23)21-6-4-7-22(14-21)33-37-31-27(45-33)8-5-13-36-31/h4-16,19H,17-18H2,1-3H3,(H,35,39)(H,40,41)/p-1. The zero-order valence-corrected chi connectivity index (χ0v) is 27.4. The van der Waals surface area contributed by atoms with Crippen LogP contribution >= 0.6 is 0 Å². The summed E-state index contributed by atoms with van der Waals surface area (Å²) >= 11 is -2.79. The third-order valence-corrected chi connectivity index (χ3v) is 8.80. The Morgan fingerprint density at radius 2 is 1.79 bits per heavy atom. The number of fused-ring (bicyclic) bond motifs is 2. The van der Waals surface area contributed by atoms with Crippen molar-refractivity contribution in [3.05, 3.63) is 95.9 Å². The number of halogens is 1. The number of pyridine rings is 1. The van der Waals surface area contributed by atoms with E-state index in [4.69, 9.17) is 13.0 Å². The molecule has 0 aliphatic carbocycles. The van der Waals surface area contributed by atoms with Gasteiger partial charge in [-0.1, -0.05) is 12.1 Å². The monoisotopic (exact) mass is 691 g/mol. The van der Waals surface area contributed by atoms with Crippen molar-refractivity contribution in [2.75, 3.05) is 19.8 Å². The van der Waals surface area contributed by atoms with Crippen LogP contribution in [-0.2, 0) is 32.1 Å². The van der Waals surface area contributed by atoms with Crippen LogP contribution in [0.1, 0.15) is 22.8 Å². The van der Waals surface area contributed by atoms with Gasteiger partial charge in [-0.25, -0.2) is 13.7 Å². The molecule has 0 fully saturated rings. The number of hydrogen-bond donors (Lipinski definition) is 1. The van der Waals surface area contributed by atoms with E-state index in [-0.39, 0.29) is 30.0 Å². The van der Waals surface area contributed by atoms with Crippen LogP contribution in [0.2, 0.25) is 0 Å². The molecule has 248 valence electrons. The molecular formula is C33H28FN4O8S2-. The molecule has 3 heterocycles. The highest BCUT2D eigenvalue weighted by Gasteiger charge is 2.25. The molecular weight excluding hydrogens is 664 g/mol. The molecule has 2 unspecified atom stereocenters. The topological polar surface area (TPSA) is 168 Å². The zero-order chi connectivity index (χ0) is 34.2. The number of carbonyl (C=O) groups is 1. The second-order valence-corrected chi connectivity index (χ2v) is 13.5. The van der Waals surface area contributed by atoms with Gasteiger partial charge in [0.2, 0.25) is 5.89 Å². The summed E-state index contributed by atoms with van der Waals surface area (Å²) in [6.45, 7) is 0.956. The van der Waals surface area contributed by atoms with Gasteiger partial charge in [-0.2, -0.15) is 13.4 Å². The maximum absolute atomic E-state index is 13.8. The molecule has 48 heavy (non-hydrogen) atoms. The average molecular weight is 692 g/mol. The van der Waals surface area contributed by atoms with Gasteiger partial charge in [-0.05, 0) is 84.3 Å². The first-order chi connectivity index (χ1) is 22.9. The highest BCUT2D eigenvalue weighted by Crippen LogP contribution is 2.39. The number of nitrogens with one attached hydrogen (secondary N) is 1. The Kier molecular flexibility index (Phi) is 9.22. The molecule has 0 saturated carbocycles. The molecule has 1 amide bonds. The summed E-state index contributed by atoms with van der Waals surface area (Å²) in [4.78, 5) is 22.0. The van der Waals surface area contributed by atoms with Crippen molar-refractivity contribution in [1.82, 2.24) is 19.6 Å². The Labute approximate surface area is 277 Å². The van der Waals surface area contributed by atoms with E-state index >= 15 is 0 Å². The fourth-order valence-electron chi connectivity index (χ4n) is 5.44. The second-order valence-electron chi connectivity index (χ2n) is 11.0. The van der Waals surface area contributed by atoms with Gasteiger partial charge in [-0.3, -0.25) is 13.2 Å². The number of nitrogens with zero attached hydrogens (tertiary/aromatic N) is 3. The van der Waals surface area contributed by atoms with Gasteiger partial charge >= 0.3 is 0 Å². The van der Waals surface area contributed by atoms with Crippen LogP contribution in [-0.4, -0.2) is 63.3 Å². The Morgan fingerprint density at radius 3 is 2.48 bits per heavy atom. The van der Waals surface area contributed by atoms with Crippen LogP contribution in [0.25, 0.3) is 56.1 Å². The summed E-state index contributed by atoms with van der Waals surface area (Å²) in [7, 11) is -2.38. The van der Waals surface area contributed by atoms with Crippen molar-refractivity contribution < 1.29 is 39.4 Å². The van der Waals surface area contributed by atoms with E-state index in [1.807, 2.05) is 12.1 Å². The van der Waals surface area contributed by atoms with E-state index in [9.17, 15) is 26.4 Å². The molecule has 6 aromatic rings. The highest BCUT2D eigenvalue weighted by atomic mass is 32.2. The fraction of sp³-hybridized carbons (Fsp3) is 0.182. The van der Waals surface area contributed by atoms with Gasteiger partial charge < -0.3 is 18.7 Å². The van der Waals surface area contributed by atoms with Gasteiger partial charge in [0.1, 0.15) is 17.2 Å². The first kappa shape index (κ1) is 33.1. The van der Waals surface area contributed by atoms with E-state index in [0.29, 0.717) is 50.3 Å². The smallest absolute Gasteiger partial charge is 0.264 e. The number of benzene rings is 3. The lowest BCUT2D eigenvalue weighted by Gasteiger charge is -2.27. The summed E-state index contributed by atoms with van der Waals surface area (Å²) < 4.78 is 80.2. The predicted molar refractivity (Wildman–Crippen MR) is 176 cm³/mol. The Hall–Kier alpha value is -4.80. The normalized spacial score (nSPS) is 13.3. The van der Waals surface area contributed by atoms with Gasteiger partial charge in [0.15, 0.2) is 11.2 Å². The fourth-order valence-corrected chi connectivity index (χ4v) is 6.67. The molecule has 0 radical (unpaired) electrons. The summed E-state index contributed by atoms with van der Waals surface area (Å²) in [6.07, 6.45) is 1.50. The van der Waals surface area contributed by atoms with Crippen molar-refractivity contribution in [3.8, 4) is 33.9 Å². The SMILES string of the molecule is CNC(=O)c1c(-c2ccc(F)cc2)oc2cc(CN(CC(C)OS(C)(=O)=O)S(=O)[O-])c(-c3cccc(-c4nc5ncccc5o4)c3)cc12. The quantitative estimate of drug-likeness (QED) is 0.137. The summed E-state index contributed by atoms with van der Waals surface area (Å²) in [5.74, 6) is -0.404. The molecule has 0 aliphatic rings. The first-order valence-electron chi connectivity index (χ1n) is 14.5. The maximum atomic E-state index is 13.8. The van der Waals surface area contributed by atoms with Crippen LogP contribution in [0.4, 0.5) is 4.39 Å². The molecule has 0 spiro atoms. The largest absolute Gasteiger partial charge is 0.760 e. The molecule has 2 atom stereocenters. The lowest BCUT2D eigenvalue weighted by Crippen LogP contribution is -2.34. The van der Waals surface area contributed by atoms with E-state index in [2.05, 4.69) is 15.3 Å². The molecule has 3 aromatic heterocycles. The number of hydrogen-bond acceptors (Lipinski definition) is 10. The maximum Gasteiger partial charge on any atom is 0.264 e. The molecule has 15 heteroatoms. The van der Waals surface area contributed by atoms with Gasteiger partial charge in [-0.15, -0.1) is 0 Å². The summed E-state index contributed by atoms with van der Waals surface area (Å²) in [5, 5.41) is 3.06. The number of carbonyl (C=O) groups excluding carboxylic acids is 1. The van der Waals surface area contributed by atoms with Crippen LogP contribution in [0.15, 0.2) is 87.8 Å². The molecule has 1 N–H and O–H groups in total. The van der Waals surface area contributed by atoms with Gasteiger partial charge in [0, 0.05) is 54.1 Å². The van der Waals surface area contributed by atoms with Crippen molar-refractivity contribution in [2.24, 2.45) is 0 Å². The Morgan fingerprint density at radius 1 is 1.04 bits per heavy atom. The van der Waals surface area contributed by atoms with Gasteiger partial charge in [0.25, 0.3) is 16.0 Å². The molecule has 0 bridgehead atoms. The molecule has 0 saturated heterocycles. The number of aromatic nitrogens is 2. The van der Waals surface area contributed by atoms with Crippen molar-refractivity contribution in [3.63, 3.8) is 0 Å². The summed E-state index contributed by atoms with van der Waals surface area (Å²) in [5.41, 5.74) is 4.11. The van der Waals surface area contributed by atoms with Crippen molar-refractivity contribution >= 4 is 49.5 Å². The van der Waals surface area contributed by atoms with Crippen LogP contribution in [0.3, 0.4) is 0 Å². The number of oxazole rings is 1. The predicted octanol–water partition coefficient (Wildman–Crippen LogP) is 5.43. The minimum Gasteiger partial charge on any atom is -0.760 e. The van der Waals surface area contributed by atoms with Crippen LogP contribution < -0.4 is 5.32 Å². The molecule has 6 rings (SSSR count). The highest BCUT2D eigenvalue weighted by molar-refractivity contribution is 7.86. The van der Waals surface area contributed by atoms with E-state index in [0.717, 1.165) is 10.6 Å². The minimum atomic E-state index is -3.85. The third-order valence-electron chi connectivity index (χ3n) is 7.42. The van der Waals surface area contributed by atoms with Crippen LogP contribution in [0.5, 0.6) is 0 Å². The lowest BCUT2D eigenvalue weighted by atomic mass is 9.94. The Balaban J connectivity index is 1.53. The summed E-state index contributed by atoms with van der Waals surface area (Å²) in [6, 6.07) is 19.5. The minimum absolute atomic E-state index is 0.194. The number of amides is 1. The van der Waals surface area contributed by atoms with E-state index < -0.39 is 39.2 Å². The molecule has 12 nitrogen and oxygen atoms in total. The van der Waals surface area contributed by atoms with Crippen LogP contribution in [0, 0.1) is 5.82 Å². The van der Waals surface area contributed by atoms with Gasteiger partial charge in [0.05, 0.1) is 17.9 Å². The lowest BCUT2D eigenvalue weighted by molar-refractivity contribution is 0.0964. The molecule has 0 aliphatic heterocycles. The Bertz CT molecular complexity index is 2250. The third kappa shape index (κ3) is 7.05. The molecule has 3 aromatic carbocycles. The zero-order valence-electron chi connectivity index (χ0n) is 25.8. The number of rotatable bonds is 11.